The predicted molar refractivity (Wildman–Crippen MR) is 73.3 cm³/mol. The first-order valence-electron chi connectivity index (χ1n) is 6.37. The van der Waals surface area contributed by atoms with Crippen LogP contribution in [0.4, 0.5) is 5.69 Å². The highest BCUT2D eigenvalue weighted by Gasteiger charge is 2.11. The number of anilines is 1. The van der Waals surface area contributed by atoms with Crippen LogP contribution >= 0.6 is 0 Å². The van der Waals surface area contributed by atoms with Crippen LogP contribution in [-0.4, -0.2) is 37.1 Å². The first kappa shape index (κ1) is 14.5. The van der Waals surface area contributed by atoms with E-state index in [1.165, 1.54) is 0 Å². The third-order valence-electron chi connectivity index (χ3n) is 2.78. The number of nitrogens with zero attached hydrogens (tertiary/aromatic N) is 1. The molecule has 100 valence electrons. The first-order chi connectivity index (χ1) is 8.67. The van der Waals surface area contributed by atoms with Crippen molar-refractivity contribution in [3.8, 4) is 0 Å². The van der Waals surface area contributed by atoms with E-state index in [1.807, 2.05) is 43.0 Å². The fourth-order valence-electron chi connectivity index (χ4n) is 1.70. The van der Waals surface area contributed by atoms with Crippen molar-refractivity contribution in [2.24, 2.45) is 0 Å². The molecule has 0 aliphatic heterocycles. The summed E-state index contributed by atoms with van der Waals surface area (Å²) in [5.41, 5.74) is 7.32. The predicted octanol–water partition coefficient (Wildman–Crippen LogP) is 1.70. The molecule has 4 heteroatoms. The number of likely N-dealkylation sites (N-methyl/N-ethyl adjacent to an activating group) is 1. The van der Waals surface area contributed by atoms with Gasteiger partial charge in [0.15, 0.2) is 0 Å². The second-order valence-electron chi connectivity index (χ2n) is 4.09. The average molecular weight is 250 g/mol. The molecule has 0 unspecified atom stereocenters. The molecule has 1 aromatic carbocycles. The van der Waals surface area contributed by atoms with E-state index in [2.05, 4.69) is 0 Å². The Kier molecular flexibility index (Phi) is 6.22. The highest BCUT2D eigenvalue weighted by atomic mass is 16.5. The molecule has 0 bridgehead atoms. The summed E-state index contributed by atoms with van der Waals surface area (Å²) in [4.78, 5) is 13.9. The number of carbonyl (C=O) groups excluding carboxylic acids is 1. The number of nitrogens with two attached hydrogens (primary N) is 1. The van der Waals surface area contributed by atoms with Gasteiger partial charge in [0.05, 0.1) is 13.0 Å². The Balaban J connectivity index is 2.48. The lowest BCUT2D eigenvalue weighted by molar-refractivity contribution is -0.131. The summed E-state index contributed by atoms with van der Waals surface area (Å²) in [6, 6.07) is 7.42. The van der Waals surface area contributed by atoms with E-state index in [4.69, 9.17) is 10.5 Å². The van der Waals surface area contributed by atoms with Crippen LogP contribution < -0.4 is 5.73 Å². The van der Waals surface area contributed by atoms with Crippen LogP contribution in [0.15, 0.2) is 24.3 Å². The summed E-state index contributed by atoms with van der Waals surface area (Å²) in [6.45, 7) is 6.57. The molecule has 0 radical (unpaired) electrons. The van der Waals surface area contributed by atoms with Crippen LogP contribution in [0.5, 0.6) is 0 Å². The molecule has 0 aromatic heterocycles. The van der Waals surface area contributed by atoms with Gasteiger partial charge in [-0.25, -0.2) is 0 Å². The van der Waals surface area contributed by atoms with E-state index in [-0.39, 0.29) is 5.91 Å². The summed E-state index contributed by atoms with van der Waals surface area (Å²) in [5.74, 6) is 0.127. The van der Waals surface area contributed by atoms with Gasteiger partial charge in [0.2, 0.25) is 5.91 Å². The van der Waals surface area contributed by atoms with Gasteiger partial charge in [-0.1, -0.05) is 12.1 Å². The van der Waals surface area contributed by atoms with E-state index in [0.29, 0.717) is 32.7 Å². The van der Waals surface area contributed by atoms with Gasteiger partial charge >= 0.3 is 0 Å². The van der Waals surface area contributed by atoms with Gasteiger partial charge in [-0.3, -0.25) is 4.79 Å². The molecular formula is C14H22N2O2. The summed E-state index contributed by atoms with van der Waals surface area (Å²) < 4.78 is 5.27. The molecule has 1 rings (SSSR count). The zero-order chi connectivity index (χ0) is 13.4. The Hall–Kier alpha value is -1.55. The second-order valence-corrected chi connectivity index (χ2v) is 4.09. The van der Waals surface area contributed by atoms with Gasteiger partial charge in [-0.2, -0.15) is 0 Å². The molecule has 0 fully saturated rings. The number of ether oxygens (including phenoxy) is 1. The molecule has 0 saturated carbocycles. The minimum atomic E-state index is 0.127. The Labute approximate surface area is 109 Å². The topological polar surface area (TPSA) is 55.6 Å². The molecule has 1 aromatic rings. The average Bonchev–Trinajstić information content (AvgIpc) is 2.37. The van der Waals surface area contributed by atoms with Gasteiger partial charge in [0.1, 0.15) is 0 Å². The molecule has 0 saturated heterocycles. The zero-order valence-corrected chi connectivity index (χ0v) is 11.2. The largest absolute Gasteiger partial charge is 0.399 e. The molecular weight excluding hydrogens is 228 g/mol. The van der Waals surface area contributed by atoms with E-state index in [1.54, 1.807) is 0 Å². The summed E-state index contributed by atoms with van der Waals surface area (Å²) in [7, 11) is 0. The van der Waals surface area contributed by atoms with Crippen molar-refractivity contribution in [2.75, 3.05) is 32.0 Å². The fraction of sp³-hybridized carbons (Fsp3) is 0.500. The third kappa shape index (κ3) is 4.75. The number of rotatable bonds is 7. The zero-order valence-electron chi connectivity index (χ0n) is 11.2. The number of nitrogen functional groups attached to an aromatic ring is 1. The molecule has 0 spiro atoms. The van der Waals surface area contributed by atoms with Crippen molar-refractivity contribution in [3.63, 3.8) is 0 Å². The maximum absolute atomic E-state index is 12.1. The van der Waals surface area contributed by atoms with Crippen LogP contribution in [0.25, 0.3) is 0 Å². The van der Waals surface area contributed by atoms with Crippen LogP contribution in [-0.2, 0) is 16.0 Å². The quantitative estimate of drug-likeness (QED) is 0.592. The summed E-state index contributed by atoms with van der Waals surface area (Å²) in [6.07, 6.45) is 0.417. The summed E-state index contributed by atoms with van der Waals surface area (Å²) >= 11 is 0. The lowest BCUT2D eigenvalue weighted by Gasteiger charge is -2.20. The van der Waals surface area contributed by atoms with Crippen molar-refractivity contribution in [3.05, 3.63) is 29.8 Å². The molecule has 0 atom stereocenters. The molecule has 0 heterocycles. The maximum Gasteiger partial charge on any atom is 0.227 e. The SMILES string of the molecule is CCOCCN(CC)C(=O)Cc1ccc(N)cc1. The van der Waals surface area contributed by atoms with Crippen LogP contribution in [0.3, 0.4) is 0 Å². The van der Waals surface area contributed by atoms with Crippen LogP contribution in [0.1, 0.15) is 19.4 Å². The van der Waals surface area contributed by atoms with Gasteiger partial charge in [0, 0.05) is 25.4 Å². The normalized spacial score (nSPS) is 10.3. The molecule has 0 aliphatic carbocycles. The van der Waals surface area contributed by atoms with E-state index < -0.39 is 0 Å². The highest BCUT2D eigenvalue weighted by molar-refractivity contribution is 5.78. The molecule has 4 nitrogen and oxygen atoms in total. The van der Waals surface area contributed by atoms with E-state index in [9.17, 15) is 4.79 Å². The van der Waals surface area contributed by atoms with Crippen molar-refractivity contribution in [1.29, 1.82) is 0 Å². The molecule has 2 N–H and O–H groups in total. The van der Waals surface area contributed by atoms with Gasteiger partial charge in [-0.15, -0.1) is 0 Å². The second kappa shape index (κ2) is 7.71. The number of hydrogen-bond donors (Lipinski definition) is 1. The Morgan fingerprint density at radius 1 is 1.28 bits per heavy atom. The standard InChI is InChI=1S/C14H22N2O2/c1-3-16(9-10-18-4-2)14(17)11-12-5-7-13(15)8-6-12/h5-8H,3-4,9-11,15H2,1-2H3. The van der Waals surface area contributed by atoms with Crippen molar-refractivity contribution in [2.45, 2.75) is 20.3 Å². The number of carbonyl (C=O) groups is 1. The van der Waals surface area contributed by atoms with Crippen LogP contribution in [0, 0.1) is 0 Å². The molecule has 0 aliphatic rings. The van der Waals surface area contributed by atoms with Crippen LogP contribution in [0.2, 0.25) is 0 Å². The van der Waals surface area contributed by atoms with Gasteiger partial charge in [-0.05, 0) is 31.5 Å². The minimum Gasteiger partial charge on any atom is -0.399 e. The number of hydrogen-bond acceptors (Lipinski definition) is 3. The van der Waals surface area contributed by atoms with Crippen molar-refractivity contribution < 1.29 is 9.53 Å². The number of amides is 1. The van der Waals surface area contributed by atoms with Gasteiger partial charge < -0.3 is 15.4 Å². The highest BCUT2D eigenvalue weighted by Crippen LogP contribution is 2.07. The lowest BCUT2D eigenvalue weighted by atomic mass is 10.1. The molecule has 18 heavy (non-hydrogen) atoms. The smallest absolute Gasteiger partial charge is 0.227 e. The van der Waals surface area contributed by atoms with Crippen molar-refractivity contribution >= 4 is 11.6 Å². The Morgan fingerprint density at radius 3 is 2.50 bits per heavy atom. The third-order valence-corrected chi connectivity index (χ3v) is 2.78. The lowest BCUT2D eigenvalue weighted by Crippen LogP contribution is -2.35. The van der Waals surface area contributed by atoms with Gasteiger partial charge in [0.25, 0.3) is 0 Å². The summed E-state index contributed by atoms with van der Waals surface area (Å²) in [5, 5.41) is 0. The molecule has 1 amide bonds. The maximum atomic E-state index is 12.1. The van der Waals surface area contributed by atoms with Crippen molar-refractivity contribution in [1.82, 2.24) is 4.90 Å². The minimum absolute atomic E-state index is 0.127. The Bertz CT molecular complexity index is 363. The monoisotopic (exact) mass is 250 g/mol. The fourth-order valence-corrected chi connectivity index (χ4v) is 1.70. The van der Waals surface area contributed by atoms with E-state index in [0.717, 1.165) is 11.3 Å². The first-order valence-corrected chi connectivity index (χ1v) is 6.37. The Morgan fingerprint density at radius 2 is 1.94 bits per heavy atom. The number of benzene rings is 1. The van der Waals surface area contributed by atoms with E-state index >= 15 is 0 Å².